The average Bonchev–Trinajstić information content (AvgIpc) is 2.33. The smallest absolute Gasteiger partial charge is 0.326 e. The summed E-state index contributed by atoms with van der Waals surface area (Å²) >= 11 is 0. The van der Waals surface area contributed by atoms with Crippen molar-refractivity contribution in [3.05, 3.63) is 0 Å². The van der Waals surface area contributed by atoms with Crippen molar-refractivity contribution >= 4 is 17.8 Å². The quantitative estimate of drug-likeness (QED) is 0.804. The number of carboxylic acids is 1. The Kier molecular flexibility index (Phi) is 5.14. The van der Waals surface area contributed by atoms with Crippen LogP contribution in [0.3, 0.4) is 0 Å². The third kappa shape index (κ3) is 4.21. The lowest BCUT2D eigenvalue weighted by Gasteiger charge is -2.33. The highest BCUT2D eigenvalue weighted by Crippen LogP contribution is 2.22. The van der Waals surface area contributed by atoms with E-state index in [0.29, 0.717) is 25.9 Å². The second-order valence-electron chi connectivity index (χ2n) is 6.43. The fraction of sp³-hybridized carbons (Fsp3) is 0.786. The summed E-state index contributed by atoms with van der Waals surface area (Å²) in [7, 11) is 0. The van der Waals surface area contributed by atoms with Gasteiger partial charge >= 0.3 is 5.97 Å². The number of likely N-dealkylation sites (tertiary alicyclic amines) is 1. The molecule has 6 nitrogen and oxygen atoms in total. The van der Waals surface area contributed by atoms with Crippen molar-refractivity contribution in [2.45, 2.75) is 46.6 Å². The summed E-state index contributed by atoms with van der Waals surface area (Å²) in [6.07, 6.45) is 1.17. The molecule has 0 radical (unpaired) electrons. The van der Waals surface area contributed by atoms with E-state index in [0.717, 1.165) is 0 Å². The summed E-state index contributed by atoms with van der Waals surface area (Å²) in [5.41, 5.74) is -0.540. The molecule has 1 rings (SSSR count). The summed E-state index contributed by atoms with van der Waals surface area (Å²) in [5, 5.41) is 11.8. The van der Waals surface area contributed by atoms with Crippen molar-refractivity contribution in [2.75, 3.05) is 13.1 Å². The van der Waals surface area contributed by atoms with E-state index in [1.165, 1.54) is 6.92 Å². The van der Waals surface area contributed by atoms with Crippen molar-refractivity contribution in [3.8, 4) is 0 Å². The molecule has 0 aromatic rings. The van der Waals surface area contributed by atoms with Crippen LogP contribution in [0.2, 0.25) is 0 Å². The molecule has 1 aliphatic rings. The Morgan fingerprint density at radius 3 is 2.05 bits per heavy atom. The van der Waals surface area contributed by atoms with Crippen LogP contribution in [0.4, 0.5) is 0 Å². The molecule has 1 aliphatic heterocycles. The third-order valence-electron chi connectivity index (χ3n) is 3.71. The Bertz CT molecular complexity index is 392. The van der Waals surface area contributed by atoms with Crippen molar-refractivity contribution < 1.29 is 19.5 Å². The monoisotopic (exact) mass is 284 g/mol. The summed E-state index contributed by atoms with van der Waals surface area (Å²) in [6.45, 7) is 7.97. The molecule has 1 saturated heterocycles. The summed E-state index contributed by atoms with van der Waals surface area (Å²) in [5.74, 6) is -1.45. The maximum absolute atomic E-state index is 12.2. The molecule has 0 aromatic heterocycles. The van der Waals surface area contributed by atoms with Gasteiger partial charge in [-0.2, -0.15) is 0 Å². The van der Waals surface area contributed by atoms with Crippen LogP contribution in [0.25, 0.3) is 0 Å². The lowest BCUT2D eigenvalue weighted by atomic mass is 9.86. The van der Waals surface area contributed by atoms with Crippen LogP contribution in [0.15, 0.2) is 0 Å². The first-order valence-corrected chi connectivity index (χ1v) is 6.91. The maximum Gasteiger partial charge on any atom is 0.326 e. The zero-order valence-corrected chi connectivity index (χ0v) is 12.6. The average molecular weight is 284 g/mol. The van der Waals surface area contributed by atoms with Crippen LogP contribution >= 0.6 is 0 Å². The number of nitrogens with one attached hydrogen (secondary N) is 1. The van der Waals surface area contributed by atoms with Gasteiger partial charge in [-0.1, -0.05) is 20.8 Å². The number of hydrogen-bond acceptors (Lipinski definition) is 3. The lowest BCUT2D eigenvalue weighted by molar-refractivity contribution is -0.146. The first-order valence-electron chi connectivity index (χ1n) is 6.91. The van der Waals surface area contributed by atoms with Gasteiger partial charge < -0.3 is 15.3 Å². The number of carbonyl (C=O) groups excluding carboxylic acids is 2. The number of carboxylic acid groups (broad SMARTS) is 1. The van der Waals surface area contributed by atoms with E-state index in [1.54, 1.807) is 25.7 Å². The molecule has 1 fully saturated rings. The normalized spacial score (nSPS) is 18.5. The number of hydrogen-bond donors (Lipinski definition) is 2. The van der Waals surface area contributed by atoms with Crippen LogP contribution in [0, 0.1) is 11.3 Å². The Morgan fingerprint density at radius 2 is 1.70 bits per heavy atom. The number of piperidine rings is 1. The van der Waals surface area contributed by atoms with E-state index >= 15 is 0 Å². The molecule has 0 spiro atoms. The van der Waals surface area contributed by atoms with Crippen molar-refractivity contribution in [1.82, 2.24) is 10.2 Å². The molecule has 1 heterocycles. The molecular weight excluding hydrogens is 260 g/mol. The maximum atomic E-state index is 12.2. The highest BCUT2D eigenvalue weighted by atomic mass is 16.4. The number of carbonyl (C=O) groups is 3. The lowest BCUT2D eigenvalue weighted by Crippen LogP contribution is -2.52. The molecule has 1 unspecified atom stereocenters. The van der Waals surface area contributed by atoms with Crippen LogP contribution in [0.5, 0.6) is 0 Å². The number of nitrogens with zero attached hydrogens (tertiary/aromatic N) is 1. The first kappa shape index (κ1) is 16.5. The van der Waals surface area contributed by atoms with Gasteiger partial charge in [0.2, 0.25) is 11.8 Å². The van der Waals surface area contributed by atoms with E-state index < -0.39 is 17.4 Å². The molecule has 1 atom stereocenters. The third-order valence-corrected chi connectivity index (χ3v) is 3.71. The van der Waals surface area contributed by atoms with Gasteiger partial charge in [-0.15, -0.1) is 0 Å². The number of aliphatic carboxylic acids is 1. The Labute approximate surface area is 119 Å². The number of rotatable bonds is 3. The minimum absolute atomic E-state index is 0.0157. The Hall–Kier alpha value is -1.59. The van der Waals surface area contributed by atoms with Crippen molar-refractivity contribution in [3.63, 3.8) is 0 Å². The molecule has 20 heavy (non-hydrogen) atoms. The van der Waals surface area contributed by atoms with Crippen LogP contribution in [-0.2, 0) is 14.4 Å². The standard InChI is InChI=1S/C14H24N2O4/c1-9(17)16-7-5-10(6-8-16)12(18)15-11(13(19)20)14(2,3)4/h10-11H,5-8H2,1-4H3,(H,15,18)(H,19,20). The predicted octanol–water partition coefficient (Wildman–Crippen LogP) is 0.860. The van der Waals surface area contributed by atoms with E-state index in [1.807, 2.05) is 0 Å². The number of amides is 2. The highest BCUT2D eigenvalue weighted by Gasteiger charge is 2.35. The fourth-order valence-electron chi connectivity index (χ4n) is 2.37. The van der Waals surface area contributed by atoms with Gasteiger partial charge in [0.1, 0.15) is 6.04 Å². The molecule has 114 valence electrons. The summed E-state index contributed by atoms with van der Waals surface area (Å²) in [4.78, 5) is 36.3. The van der Waals surface area contributed by atoms with E-state index in [9.17, 15) is 19.5 Å². The molecule has 6 heteroatoms. The molecule has 0 aromatic carbocycles. The van der Waals surface area contributed by atoms with Gasteiger partial charge in [0.15, 0.2) is 0 Å². The molecule has 0 saturated carbocycles. The van der Waals surface area contributed by atoms with Gasteiger partial charge in [0, 0.05) is 25.9 Å². The zero-order valence-electron chi connectivity index (χ0n) is 12.6. The second-order valence-corrected chi connectivity index (χ2v) is 6.43. The zero-order chi connectivity index (χ0) is 15.5. The van der Waals surface area contributed by atoms with Gasteiger partial charge in [-0.25, -0.2) is 4.79 Å². The molecular formula is C14H24N2O4. The molecule has 0 bridgehead atoms. The summed E-state index contributed by atoms with van der Waals surface area (Å²) in [6, 6.07) is -0.902. The largest absolute Gasteiger partial charge is 0.480 e. The Morgan fingerprint density at radius 1 is 1.20 bits per heavy atom. The minimum atomic E-state index is -1.02. The van der Waals surface area contributed by atoms with Gasteiger partial charge in [-0.05, 0) is 18.3 Å². The van der Waals surface area contributed by atoms with Gasteiger partial charge in [0.05, 0.1) is 0 Å². The topological polar surface area (TPSA) is 86.7 Å². The summed E-state index contributed by atoms with van der Waals surface area (Å²) < 4.78 is 0. The first-order chi connectivity index (χ1) is 9.12. The van der Waals surface area contributed by atoms with Gasteiger partial charge in [-0.3, -0.25) is 9.59 Å². The van der Waals surface area contributed by atoms with Crippen LogP contribution < -0.4 is 5.32 Å². The van der Waals surface area contributed by atoms with Crippen LogP contribution in [0.1, 0.15) is 40.5 Å². The minimum Gasteiger partial charge on any atom is -0.480 e. The fourth-order valence-corrected chi connectivity index (χ4v) is 2.37. The van der Waals surface area contributed by atoms with Gasteiger partial charge in [0.25, 0.3) is 0 Å². The molecule has 2 amide bonds. The Balaban J connectivity index is 2.59. The molecule has 0 aliphatic carbocycles. The molecule has 2 N–H and O–H groups in total. The predicted molar refractivity (Wildman–Crippen MR) is 74.0 cm³/mol. The second kappa shape index (κ2) is 6.24. The van der Waals surface area contributed by atoms with Crippen LogP contribution in [-0.4, -0.2) is 46.9 Å². The SMILES string of the molecule is CC(=O)N1CCC(C(=O)NC(C(=O)O)C(C)(C)C)CC1. The van der Waals surface area contributed by atoms with E-state index in [-0.39, 0.29) is 17.7 Å². The van der Waals surface area contributed by atoms with E-state index in [2.05, 4.69) is 5.32 Å². The van der Waals surface area contributed by atoms with Crippen molar-refractivity contribution in [1.29, 1.82) is 0 Å². The van der Waals surface area contributed by atoms with Crippen molar-refractivity contribution in [2.24, 2.45) is 11.3 Å². The van der Waals surface area contributed by atoms with E-state index in [4.69, 9.17) is 0 Å². The highest BCUT2D eigenvalue weighted by molar-refractivity contribution is 5.85.